The highest BCUT2D eigenvalue weighted by atomic mass is 32.1. The van der Waals surface area contributed by atoms with Crippen LogP contribution in [0.25, 0.3) is 5.69 Å². The molecule has 0 spiro atoms. The largest absolute Gasteiger partial charge is 0.497 e. The first-order chi connectivity index (χ1) is 11.7. The zero-order valence-corrected chi connectivity index (χ0v) is 14.1. The standard InChI is InChI=1S/C18H18N4OS/c1-23-17-8-4-15(5-9-17)21-18(24)20-12-14-2-6-16(7-3-14)22-11-10-19-13-22/h2-11,13H,12H2,1H3,(H2,20,21,24). The summed E-state index contributed by atoms with van der Waals surface area (Å²) in [6.07, 6.45) is 5.46. The van der Waals surface area contributed by atoms with Gasteiger partial charge in [-0.3, -0.25) is 0 Å². The van der Waals surface area contributed by atoms with Gasteiger partial charge in [0.15, 0.2) is 5.11 Å². The molecule has 0 aliphatic heterocycles. The van der Waals surface area contributed by atoms with E-state index in [1.54, 1.807) is 19.6 Å². The number of anilines is 1. The van der Waals surface area contributed by atoms with Gasteiger partial charge in [-0.2, -0.15) is 0 Å². The van der Waals surface area contributed by atoms with Crippen molar-refractivity contribution in [2.75, 3.05) is 12.4 Å². The Bertz CT molecular complexity index is 783. The molecule has 6 heteroatoms. The Hall–Kier alpha value is -2.86. The van der Waals surface area contributed by atoms with Crippen LogP contribution in [0.4, 0.5) is 5.69 Å². The van der Waals surface area contributed by atoms with E-state index in [1.807, 2.05) is 35.0 Å². The van der Waals surface area contributed by atoms with E-state index < -0.39 is 0 Å². The van der Waals surface area contributed by atoms with Crippen LogP contribution < -0.4 is 15.4 Å². The number of hydrogen-bond acceptors (Lipinski definition) is 3. The quantitative estimate of drug-likeness (QED) is 0.699. The second kappa shape index (κ2) is 7.61. The number of aromatic nitrogens is 2. The van der Waals surface area contributed by atoms with Crippen LogP contribution in [-0.2, 0) is 6.54 Å². The Morgan fingerprint density at radius 3 is 2.50 bits per heavy atom. The van der Waals surface area contributed by atoms with E-state index >= 15 is 0 Å². The lowest BCUT2D eigenvalue weighted by Gasteiger charge is -2.11. The highest BCUT2D eigenvalue weighted by Crippen LogP contribution is 2.15. The minimum absolute atomic E-state index is 0.582. The first-order valence-electron chi connectivity index (χ1n) is 7.51. The molecule has 3 rings (SSSR count). The summed E-state index contributed by atoms with van der Waals surface area (Å²) in [5.41, 5.74) is 3.15. The molecule has 122 valence electrons. The zero-order chi connectivity index (χ0) is 16.8. The monoisotopic (exact) mass is 338 g/mol. The van der Waals surface area contributed by atoms with Crippen molar-refractivity contribution in [3.63, 3.8) is 0 Å². The average molecular weight is 338 g/mol. The number of ether oxygens (including phenoxy) is 1. The molecular weight excluding hydrogens is 320 g/mol. The molecule has 24 heavy (non-hydrogen) atoms. The van der Waals surface area contributed by atoms with Crippen molar-refractivity contribution in [2.24, 2.45) is 0 Å². The van der Waals surface area contributed by atoms with Crippen LogP contribution in [0.1, 0.15) is 5.56 Å². The number of benzene rings is 2. The van der Waals surface area contributed by atoms with Crippen LogP contribution in [0.15, 0.2) is 67.3 Å². The fraction of sp³-hybridized carbons (Fsp3) is 0.111. The molecule has 0 fully saturated rings. The highest BCUT2D eigenvalue weighted by molar-refractivity contribution is 7.80. The smallest absolute Gasteiger partial charge is 0.171 e. The number of rotatable bonds is 5. The molecule has 0 atom stereocenters. The molecule has 0 bridgehead atoms. The van der Waals surface area contributed by atoms with Gasteiger partial charge in [0.2, 0.25) is 0 Å². The number of thiocarbonyl (C=S) groups is 1. The summed E-state index contributed by atoms with van der Waals surface area (Å²) in [7, 11) is 1.65. The Morgan fingerprint density at radius 1 is 1.12 bits per heavy atom. The average Bonchev–Trinajstić information content (AvgIpc) is 3.16. The van der Waals surface area contributed by atoms with Crippen molar-refractivity contribution in [2.45, 2.75) is 6.54 Å². The lowest BCUT2D eigenvalue weighted by atomic mass is 10.2. The number of nitrogens with zero attached hydrogens (tertiary/aromatic N) is 2. The van der Waals surface area contributed by atoms with Crippen LogP contribution >= 0.6 is 12.2 Å². The number of imidazole rings is 1. The van der Waals surface area contributed by atoms with Crippen molar-refractivity contribution in [1.82, 2.24) is 14.9 Å². The van der Waals surface area contributed by atoms with E-state index in [1.165, 1.54) is 0 Å². The fourth-order valence-corrected chi connectivity index (χ4v) is 2.42. The van der Waals surface area contributed by atoms with Gasteiger partial charge in [0.25, 0.3) is 0 Å². The van der Waals surface area contributed by atoms with E-state index in [2.05, 4.69) is 39.9 Å². The van der Waals surface area contributed by atoms with E-state index in [9.17, 15) is 0 Å². The number of hydrogen-bond donors (Lipinski definition) is 2. The van der Waals surface area contributed by atoms with Crippen molar-refractivity contribution < 1.29 is 4.74 Å². The molecule has 5 nitrogen and oxygen atoms in total. The van der Waals surface area contributed by atoms with Gasteiger partial charge >= 0.3 is 0 Å². The second-order valence-electron chi connectivity index (χ2n) is 5.17. The molecule has 0 aliphatic carbocycles. The van der Waals surface area contributed by atoms with Gasteiger partial charge in [0.1, 0.15) is 5.75 Å². The summed E-state index contributed by atoms with van der Waals surface area (Å²) in [6, 6.07) is 15.9. The summed E-state index contributed by atoms with van der Waals surface area (Å²) >= 11 is 5.32. The Labute approximate surface area is 146 Å². The summed E-state index contributed by atoms with van der Waals surface area (Å²) in [6.45, 7) is 0.659. The first kappa shape index (κ1) is 16.0. The number of nitrogens with one attached hydrogen (secondary N) is 2. The van der Waals surface area contributed by atoms with Gasteiger partial charge in [-0.25, -0.2) is 4.98 Å². The lowest BCUT2D eigenvalue weighted by molar-refractivity contribution is 0.415. The minimum Gasteiger partial charge on any atom is -0.497 e. The Morgan fingerprint density at radius 2 is 1.88 bits per heavy atom. The lowest BCUT2D eigenvalue weighted by Crippen LogP contribution is -2.27. The predicted octanol–water partition coefficient (Wildman–Crippen LogP) is 3.37. The highest BCUT2D eigenvalue weighted by Gasteiger charge is 2.00. The van der Waals surface area contributed by atoms with E-state index in [4.69, 9.17) is 17.0 Å². The molecule has 2 aromatic carbocycles. The summed E-state index contributed by atoms with van der Waals surface area (Å²) in [5, 5.41) is 6.93. The molecule has 1 heterocycles. The first-order valence-corrected chi connectivity index (χ1v) is 7.91. The summed E-state index contributed by atoms with van der Waals surface area (Å²) < 4.78 is 7.10. The Kier molecular flexibility index (Phi) is 5.08. The van der Waals surface area contributed by atoms with Crippen molar-refractivity contribution >= 4 is 23.0 Å². The van der Waals surface area contributed by atoms with Crippen molar-refractivity contribution in [3.05, 3.63) is 72.8 Å². The van der Waals surface area contributed by atoms with Gasteiger partial charge in [0, 0.05) is 30.3 Å². The maximum Gasteiger partial charge on any atom is 0.171 e. The predicted molar refractivity (Wildman–Crippen MR) is 99.6 cm³/mol. The maximum atomic E-state index is 5.32. The third-order valence-corrected chi connectivity index (χ3v) is 3.79. The van der Waals surface area contributed by atoms with Crippen LogP contribution in [0.2, 0.25) is 0 Å². The topological polar surface area (TPSA) is 51.1 Å². The molecule has 0 saturated carbocycles. The minimum atomic E-state index is 0.582. The van der Waals surface area contributed by atoms with E-state index in [0.717, 1.165) is 22.7 Å². The molecule has 0 saturated heterocycles. The van der Waals surface area contributed by atoms with Crippen molar-refractivity contribution in [3.8, 4) is 11.4 Å². The number of methoxy groups -OCH3 is 1. The van der Waals surface area contributed by atoms with Gasteiger partial charge in [-0.1, -0.05) is 12.1 Å². The van der Waals surface area contributed by atoms with Crippen molar-refractivity contribution in [1.29, 1.82) is 0 Å². The van der Waals surface area contributed by atoms with Crippen LogP contribution in [0, 0.1) is 0 Å². The second-order valence-corrected chi connectivity index (χ2v) is 5.58. The molecule has 2 N–H and O–H groups in total. The molecular formula is C18H18N4OS. The molecule has 0 aliphatic rings. The molecule has 0 unspecified atom stereocenters. The zero-order valence-electron chi connectivity index (χ0n) is 13.3. The molecule has 0 radical (unpaired) electrons. The normalized spacial score (nSPS) is 10.2. The van der Waals surface area contributed by atoms with Crippen LogP contribution in [0.3, 0.4) is 0 Å². The van der Waals surface area contributed by atoms with E-state index in [0.29, 0.717) is 11.7 Å². The molecule has 3 aromatic rings. The van der Waals surface area contributed by atoms with Gasteiger partial charge in [-0.15, -0.1) is 0 Å². The van der Waals surface area contributed by atoms with Gasteiger partial charge in [0.05, 0.1) is 13.4 Å². The van der Waals surface area contributed by atoms with Gasteiger partial charge < -0.3 is 19.9 Å². The molecule has 0 amide bonds. The van der Waals surface area contributed by atoms with Gasteiger partial charge in [-0.05, 0) is 54.2 Å². The van der Waals surface area contributed by atoms with Crippen LogP contribution in [-0.4, -0.2) is 21.8 Å². The fourth-order valence-electron chi connectivity index (χ4n) is 2.23. The summed E-state index contributed by atoms with van der Waals surface area (Å²) in [5.74, 6) is 0.817. The third-order valence-electron chi connectivity index (χ3n) is 3.54. The van der Waals surface area contributed by atoms with Crippen LogP contribution in [0.5, 0.6) is 5.75 Å². The van der Waals surface area contributed by atoms with E-state index in [-0.39, 0.29) is 0 Å². The SMILES string of the molecule is COc1ccc(NC(=S)NCc2ccc(-n3ccnc3)cc2)cc1. The third kappa shape index (κ3) is 4.11. The summed E-state index contributed by atoms with van der Waals surface area (Å²) in [4.78, 5) is 4.05. The maximum absolute atomic E-state index is 5.32. The Balaban J connectivity index is 1.52. The molecule has 1 aromatic heterocycles.